The molecule has 0 spiro atoms. The van der Waals surface area contributed by atoms with E-state index in [2.05, 4.69) is 5.16 Å². The van der Waals surface area contributed by atoms with Crippen LogP contribution in [0.1, 0.15) is 32.0 Å². The molecule has 0 atom stereocenters. The molecule has 0 bridgehead atoms. The predicted octanol–water partition coefficient (Wildman–Crippen LogP) is 3.15. The Bertz CT molecular complexity index is 1330. The minimum atomic E-state index is -1.20. The van der Waals surface area contributed by atoms with Crippen LogP contribution in [0.3, 0.4) is 0 Å². The number of aromatic nitrogens is 1. The van der Waals surface area contributed by atoms with Crippen molar-refractivity contribution in [3.8, 4) is 11.8 Å². The second kappa shape index (κ2) is 8.86. The third kappa shape index (κ3) is 4.50. The molecule has 0 aliphatic carbocycles. The fraction of sp³-hybridized carbons (Fsp3) is 0.0435. The Balaban J connectivity index is 1.54. The minimum absolute atomic E-state index is 0.0483. The van der Waals surface area contributed by atoms with Crippen LogP contribution in [-0.4, -0.2) is 36.6 Å². The molecule has 31 heavy (non-hydrogen) atoms. The molecule has 1 heterocycles. The summed E-state index contributed by atoms with van der Waals surface area (Å²) in [5, 5.41) is 22.9. The molecular weight excluding hydrogens is 459 g/mol. The quantitative estimate of drug-likeness (QED) is 0.410. The van der Waals surface area contributed by atoms with Crippen LogP contribution in [0.15, 0.2) is 71.3 Å². The number of nitrogens with zero attached hydrogens (tertiary/aromatic N) is 2. The number of carbonyl (C=O) groups excluding carboxylic acids is 1. The maximum absolute atomic E-state index is 12.8. The number of hydrogen-bond donors (Lipinski definition) is 1. The monoisotopic (exact) mass is 473 g/mol. The normalized spacial score (nSPS) is 10.9. The zero-order valence-electron chi connectivity index (χ0n) is 16.0. The van der Waals surface area contributed by atoms with Gasteiger partial charge in [-0.1, -0.05) is 0 Å². The number of fused-ring (bicyclic) bond motifs is 1. The summed E-state index contributed by atoms with van der Waals surface area (Å²) < 4.78 is 11.1. The van der Waals surface area contributed by atoms with Gasteiger partial charge in [0.2, 0.25) is 0 Å². The summed E-state index contributed by atoms with van der Waals surface area (Å²) in [4.78, 5) is 24.3. The van der Waals surface area contributed by atoms with Crippen LogP contribution in [0, 0.1) is 11.3 Å². The molecule has 3 aromatic carbocycles. The Morgan fingerprint density at radius 1 is 1.10 bits per heavy atom. The van der Waals surface area contributed by atoms with Gasteiger partial charge in [0.05, 0.1) is 0 Å². The van der Waals surface area contributed by atoms with Gasteiger partial charge in [0.25, 0.3) is 0 Å². The molecule has 7 nitrogen and oxygen atoms in total. The van der Waals surface area contributed by atoms with Crippen LogP contribution < -0.4 is 9.09 Å². The van der Waals surface area contributed by atoms with Gasteiger partial charge in [-0.2, -0.15) is 0 Å². The van der Waals surface area contributed by atoms with E-state index in [0.29, 0.717) is 27.6 Å². The molecule has 0 saturated carbocycles. The van der Waals surface area contributed by atoms with E-state index in [1.54, 1.807) is 18.2 Å². The first-order chi connectivity index (χ1) is 15.0. The predicted molar refractivity (Wildman–Crippen MR) is 113 cm³/mol. The van der Waals surface area contributed by atoms with Gasteiger partial charge in [0.15, 0.2) is 0 Å². The van der Waals surface area contributed by atoms with Gasteiger partial charge in [0.1, 0.15) is 0 Å². The fourth-order valence-electron chi connectivity index (χ4n) is 2.94. The van der Waals surface area contributed by atoms with Crippen LogP contribution >= 0.6 is 0 Å². The Morgan fingerprint density at radius 2 is 1.90 bits per heavy atom. The number of benzene rings is 3. The van der Waals surface area contributed by atoms with E-state index in [-0.39, 0.29) is 21.5 Å². The fourth-order valence-corrected chi connectivity index (χ4v) is 4.85. The van der Waals surface area contributed by atoms with E-state index in [9.17, 15) is 14.7 Å². The van der Waals surface area contributed by atoms with Crippen molar-refractivity contribution in [3.05, 3.63) is 89.2 Å². The van der Waals surface area contributed by atoms with Gasteiger partial charge >= 0.3 is 184 Å². The van der Waals surface area contributed by atoms with Crippen molar-refractivity contribution in [1.82, 2.24) is 5.16 Å². The molecule has 8 heteroatoms. The first kappa shape index (κ1) is 20.4. The van der Waals surface area contributed by atoms with Gasteiger partial charge in [0, 0.05) is 0 Å². The van der Waals surface area contributed by atoms with Crippen LogP contribution in [0.25, 0.3) is 10.9 Å². The summed E-state index contributed by atoms with van der Waals surface area (Å²) in [7, 11) is 0. The first-order valence-electron chi connectivity index (χ1n) is 9.15. The standard InChI is InChI=1S/C23H14AsN2O5/c25-12-15-6-9-19(18(10-15)23(28)29)24-22(27)21-17-8-7-16(11-20(17)26-31-21)30-13-14-4-2-1-3-5-14/h1-11H,13H2,(H,28,29). The van der Waals surface area contributed by atoms with Crippen molar-refractivity contribution in [3.63, 3.8) is 0 Å². The van der Waals surface area contributed by atoms with Crippen molar-refractivity contribution >= 4 is 41.5 Å². The molecule has 1 N–H and O–H groups in total. The average molecular weight is 473 g/mol. The molecule has 0 amide bonds. The van der Waals surface area contributed by atoms with Gasteiger partial charge in [-0.15, -0.1) is 0 Å². The molecule has 151 valence electrons. The zero-order valence-corrected chi connectivity index (χ0v) is 17.9. The molecule has 0 saturated heterocycles. The van der Waals surface area contributed by atoms with E-state index in [1.165, 1.54) is 18.2 Å². The van der Waals surface area contributed by atoms with E-state index < -0.39 is 21.7 Å². The number of ether oxygens (including phenoxy) is 1. The summed E-state index contributed by atoms with van der Waals surface area (Å²) in [6.45, 7) is 0.400. The van der Waals surface area contributed by atoms with Gasteiger partial charge in [-0.25, -0.2) is 0 Å². The average Bonchev–Trinajstić information content (AvgIpc) is 3.22. The zero-order chi connectivity index (χ0) is 21.8. The molecular formula is C23H14AsN2O5. The topological polar surface area (TPSA) is 113 Å². The number of aromatic carboxylic acids is 1. The van der Waals surface area contributed by atoms with E-state index in [0.717, 1.165) is 5.56 Å². The second-order valence-corrected chi connectivity index (χ2v) is 8.86. The molecule has 1 radical (unpaired) electrons. The molecule has 0 unspecified atom stereocenters. The van der Waals surface area contributed by atoms with Crippen LogP contribution in [0.5, 0.6) is 5.75 Å². The third-order valence-corrected chi connectivity index (χ3v) is 6.65. The first-order valence-corrected chi connectivity index (χ1v) is 11.0. The van der Waals surface area contributed by atoms with E-state index in [4.69, 9.17) is 14.5 Å². The number of nitriles is 1. The molecule has 4 rings (SSSR count). The van der Waals surface area contributed by atoms with Crippen molar-refractivity contribution in [2.45, 2.75) is 6.61 Å². The maximum atomic E-state index is 12.8. The molecule has 0 aliphatic heterocycles. The van der Waals surface area contributed by atoms with Crippen molar-refractivity contribution < 1.29 is 24.0 Å². The number of rotatable bonds is 7. The van der Waals surface area contributed by atoms with E-state index in [1.807, 2.05) is 36.4 Å². The van der Waals surface area contributed by atoms with Gasteiger partial charge in [-0.05, 0) is 0 Å². The molecule has 1 aromatic heterocycles. The summed E-state index contributed by atoms with van der Waals surface area (Å²) in [5.74, 6) is -0.500. The molecule has 0 fully saturated rings. The Morgan fingerprint density at radius 3 is 2.65 bits per heavy atom. The second-order valence-electron chi connectivity index (χ2n) is 6.53. The summed E-state index contributed by atoms with van der Waals surface area (Å²) in [5.41, 5.74) is 1.68. The summed E-state index contributed by atoms with van der Waals surface area (Å²) in [6, 6.07) is 21.0. The molecule has 0 aliphatic rings. The summed E-state index contributed by atoms with van der Waals surface area (Å²) >= 11 is -1.20. The summed E-state index contributed by atoms with van der Waals surface area (Å²) in [6.07, 6.45) is 0. The number of carboxylic acids is 1. The Kier molecular flexibility index (Phi) is 5.83. The SMILES string of the molecule is N#Cc1ccc([As]C(=O)c2onc3cc(OCc4ccccc4)ccc23)c(C(=O)O)c1. The number of carboxylic acid groups (broad SMARTS) is 1. The Labute approximate surface area is 183 Å². The van der Waals surface area contributed by atoms with Crippen LogP contribution in [0.4, 0.5) is 0 Å². The van der Waals surface area contributed by atoms with Crippen LogP contribution in [0.2, 0.25) is 0 Å². The third-order valence-electron chi connectivity index (χ3n) is 4.47. The van der Waals surface area contributed by atoms with Crippen LogP contribution in [-0.2, 0) is 6.61 Å². The van der Waals surface area contributed by atoms with Gasteiger partial charge < -0.3 is 0 Å². The number of carbonyl (C=O) groups is 2. The Hall–Kier alpha value is -3.88. The van der Waals surface area contributed by atoms with Gasteiger partial charge in [-0.3, -0.25) is 0 Å². The molecule has 4 aromatic rings. The number of hydrogen-bond acceptors (Lipinski definition) is 6. The van der Waals surface area contributed by atoms with Crippen molar-refractivity contribution in [1.29, 1.82) is 5.26 Å². The van der Waals surface area contributed by atoms with Crippen molar-refractivity contribution in [2.24, 2.45) is 0 Å². The van der Waals surface area contributed by atoms with Crippen molar-refractivity contribution in [2.75, 3.05) is 0 Å². The van der Waals surface area contributed by atoms with E-state index >= 15 is 0 Å².